The van der Waals surface area contributed by atoms with Gasteiger partial charge in [-0.15, -0.1) is 10.2 Å². The van der Waals surface area contributed by atoms with E-state index in [1.807, 2.05) is 35.2 Å². The van der Waals surface area contributed by atoms with E-state index in [-0.39, 0.29) is 5.78 Å². The molecule has 0 spiro atoms. The lowest BCUT2D eigenvalue weighted by atomic mass is 10.1. The van der Waals surface area contributed by atoms with Crippen molar-refractivity contribution in [1.82, 2.24) is 10.2 Å². The van der Waals surface area contributed by atoms with Gasteiger partial charge in [-0.25, -0.2) is 0 Å². The third-order valence-electron chi connectivity index (χ3n) is 3.48. The Balaban J connectivity index is 1.89. The number of halogens is 1. The number of carbonyl (C=O) groups excluding carboxylic acids is 1. The fraction of sp³-hybridized carbons (Fsp3) is 0.267. The number of benzene rings is 1. The lowest BCUT2D eigenvalue weighted by Gasteiger charge is -2.14. The van der Waals surface area contributed by atoms with Crippen LogP contribution >= 0.6 is 15.9 Å². The Morgan fingerprint density at radius 2 is 2.05 bits per heavy atom. The highest BCUT2D eigenvalue weighted by atomic mass is 79.9. The van der Waals surface area contributed by atoms with Gasteiger partial charge in [0.15, 0.2) is 11.6 Å². The predicted molar refractivity (Wildman–Crippen MR) is 81.7 cm³/mol. The number of carbonyl (C=O) groups is 1. The zero-order valence-corrected chi connectivity index (χ0v) is 12.7. The first-order valence-electron chi connectivity index (χ1n) is 6.50. The van der Waals surface area contributed by atoms with Gasteiger partial charge in [0, 0.05) is 23.0 Å². The summed E-state index contributed by atoms with van der Waals surface area (Å²) in [7, 11) is 0. The molecule has 0 radical (unpaired) electrons. The molecule has 5 heteroatoms. The van der Waals surface area contributed by atoms with Crippen molar-refractivity contribution < 1.29 is 4.79 Å². The van der Waals surface area contributed by atoms with Crippen LogP contribution in [-0.4, -0.2) is 29.1 Å². The summed E-state index contributed by atoms with van der Waals surface area (Å²) in [5, 5.41) is 8.55. The fourth-order valence-electron chi connectivity index (χ4n) is 2.33. The molecule has 1 aliphatic heterocycles. The van der Waals surface area contributed by atoms with Crippen LogP contribution in [0.15, 0.2) is 34.8 Å². The second-order valence-corrected chi connectivity index (χ2v) is 5.86. The van der Waals surface area contributed by atoms with Gasteiger partial charge < -0.3 is 4.90 Å². The Kier molecular flexibility index (Phi) is 3.53. The minimum atomic E-state index is 0.263. The summed E-state index contributed by atoms with van der Waals surface area (Å²) in [5.74, 6) is 1.03. The fourth-order valence-corrected chi connectivity index (χ4v) is 2.69. The number of rotatable bonds is 2. The standard InChI is InChI=1S/C15H14BrN3O/c1-10-2-3-11(16)8-13(10)14-4-5-15(18-17-14)19-7-6-12(20)9-19/h2-5,8H,6-7,9H2,1H3. The van der Waals surface area contributed by atoms with Gasteiger partial charge in [0.2, 0.25) is 0 Å². The summed E-state index contributed by atoms with van der Waals surface area (Å²) >= 11 is 3.47. The van der Waals surface area contributed by atoms with Gasteiger partial charge >= 0.3 is 0 Å². The molecule has 0 atom stereocenters. The lowest BCUT2D eigenvalue weighted by molar-refractivity contribution is -0.116. The van der Waals surface area contributed by atoms with E-state index in [0.29, 0.717) is 13.0 Å². The number of aromatic nitrogens is 2. The molecule has 20 heavy (non-hydrogen) atoms. The Morgan fingerprint density at radius 1 is 1.20 bits per heavy atom. The van der Waals surface area contributed by atoms with Crippen LogP contribution in [0.5, 0.6) is 0 Å². The van der Waals surface area contributed by atoms with Crippen molar-refractivity contribution >= 4 is 27.5 Å². The van der Waals surface area contributed by atoms with Crippen LogP contribution in [0.1, 0.15) is 12.0 Å². The molecule has 2 heterocycles. The van der Waals surface area contributed by atoms with Gasteiger partial charge in [0.05, 0.1) is 12.2 Å². The number of hydrogen-bond donors (Lipinski definition) is 0. The Hall–Kier alpha value is -1.75. The van der Waals surface area contributed by atoms with Crippen molar-refractivity contribution in [1.29, 1.82) is 0 Å². The first-order chi connectivity index (χ1) is 9.63. The van der Waals surface area contributed by atoms with E-state index in [0.717, 1.165) is 33.7 Å². The maximum atomic E-state index is 11.3. The van der Waals surface area contributed by atoms with Crippen molar-refractivity contribution in [2.24, 2.45) is 0 Å². The molecule has 0 N–H and O–H groups in total. The van der Waals surface area contributed by atoms with Gasteiger partial charge in [0.1, 0.15) is 0 Å². The first kappa shape index (κ1) is 13.2. The molecule has 0 bridgehead atoms. The third kappa shape index (κ3) is 2.58. The minimum Gasteiger partial charge on any atom is -0.347 e. The highest BCUT2D eigenvalue weighted by Gasteiger charge is 2.20. The molecule has 4 nitrogen and oxygen atoms in total. The molecule has 1 saturated heterocycles. The molecule has 0 unspecified atom stereocenters. The summed E-state index contributed by atoms with van der Waals surface area (Å²) in [6, 6.07) is 9.99. The molecule has 0 amide bonds. The number of nitrogens with zero attached hydrogens (tertiary/aromatic N) is 3. The van der Waals surface area contributed by atoms with Crippen LogP contribution in [0.25, 0.3) is 11.3 Å². The Morgan fingerprint density at radius 3 is 2.70 bits per heavy atom. The number of ketones is 1. The third-order valence-corrected chi connectivity index (χ3v) is 3.97. The van der Waals surface area contributed by atoms with Gasteiger partial charge in [-0.2, -0.15) is 0 Å². The normalized spacial score (nSPS) is 14.9. The van der Waals surface area contributed by atoms with Gasteiger partial charge in [0.25, 0.3) is 0 Å². The van der Waals surface area contributed by atoms with E-state index in [1.165, 1.54) is 0 Å². The quantitative estimate of drug-likeness (QED) is 0.848. The second kappa shape index (κ2) is 5.32. The molecule has 0 aliphatic carbocycles. The largest absolute Gasteiger partial charge is 0.347 e. The van der Waals surface area contributed by atoms with Crippen LogP contribution in [0.4, 0.5) is 5.82 Å². The van der Waals surface area contributed by atoms with Crippen molar-refractivity contribution in [2.45, 2.75) is 13.3 Å². The van der Waals surface area contributed by atoms with E-state index in [9.17, 15) is 4.79 Å². The highest BCUT2D eigenvalue weighted by Crippen LogP contribution is 2.26. The molecule has 1 aromatic heterocycles. The number of Topliss-reactive ketones (excluding diaryl/α,β-unsaturated/α-hetero) is 1. The highest BCUT2D eigenvalue weighted by molar-refractivity contribution is 9.10. The van der Waals surface area contributed by atoms with Crippen molar-refractivity contribution in [3.8, 4) is 11.3 Å². The van der Waals surface area contributed by atoms with Crippen molar-refractivity contribution in [2.75, 3.05) is 18.0 Å². The molecular formula is C15H14BrN3O. The lowest BCUT2D eigenvalue weighted by Crippen LogP contribution is -2.21. The van der Waals surface area contributed by atoms with Crippen molar-refractivity contribution in [3.05, 3.63) is 40.4 Å². The number of hydrogen-bond acceptors (Lipinski definition) is 4. The smallest absolute Gasteiger partial charge is 0.153 e. The predicted octanol–water partition coefficient (Wildman–Crippen LogP) is 2.99. The maximum absolute atomic E-state index is 11.3. The first-order valence-corrected chi connectivity index (χ1v) is 7.30. The van der Waals surface area contributed by atoms with Gasteiger partial charge in [-0.1, -0.05) is 22.0 Å². The van der Waals surface area contributed by atoms with Gasteiger partial charge in [-0.3, -0.25) is 4.79 Å². The zero-order chi connectivity index (χ0) is 14.1. The van der Waals surface area contributed by atoms with Crippen LogP contribution in [0.2, 0.25) is 0 Å². The molecule has 1 fully saturated rings. The number of anilines is 1. The van der Waals surface area contributed by atoms with E-state index >= 15 is 0 Å². The maximum Gasteiger partial charge on any atom is 0.153 e. The summed E-state index contributed by atoms with van der Waals surface area (Å²) in [6.45, 7) is 3.24. The average molecular weight is 332 g/mol. The van der Waals surface area contributed by atoms with Crippen LogP contribution < -0.4 is 4.90 Å². The minimum absolute atomic E-state index is 0.263. The topological polar surface area (TPSA) is 46.1 Å². The summed E-state index contributed by atoms with van der Waals surface area (Å²) in [4.78, 5) is 13.3. The van der Waals surface area contributed by atoms with Crippen LogP contribution in [0.3, 0.4) is 0 Å². The second-order valence-electron chi connectivity index (χ2n) is 4.95. The molecule has 2 aromatic rings. The summed E-state index contributed by atoms with van der Waals surface area (Å²) in [5.41, 5.74) is 3.07. The van der Waals surface area contributed by atoms with E-state index < -0.39 is 0 Å². The van der Waals surface area contributed by atoms with Crippen LogP contribution in [-0.2, 0) is 4.79 Å². The Bertz CT molecular complexity index is 655. The number of aryl methyl sites for hydroxylation is 1. The van der Waals surface area contributed by atoms with Gasteiger partial charge in [-0.05, 0) is 36.8 Å². The summed E-state index contributed by atoms with van der Waals surface area (Å²) < 4.78 is 1.02. The molecule has 102 valence electrons. The molecular weight excluding hydrogens is 318 g/mol. The summed E-state index contributed by atoms with van der Waals surface area (Å²) in [6.07, 6.45) is 0.605. The molecule has 1 aromatic carbocycles. The average Bonchev–Trinajstić information content (AvgIpc) is 2.88. The SMILES string of the molecule is Cc1ccc(Br)cc1-c1ccc(N2CCC(=O)C2)nn1. The van der Waals surface area contributed by atoms with Crippen molar-refractivity contribution in [3.63, 3.8) is 0 Å². The van der Waals surface area contributed by atoms with Crippen LogP contribution in [0, 0.1) is 6.92 Å². The Labute approximate surface area is 126 Å². The molecule has 3 rings (SSSR count). The van der Waals surface area contributed by atoms with E-state index in [2.05, 4.69) is 33.1 Å². The zero-order valence-electron chi connectivity index (χ0n) is 11.1. The van der Waals surface area contributed by atoms with E-state index in [1.54, 1.807) is 0 Å². The molecule has 0 saturated carbocycles. The molecule has 1 aliphatic rings. The van der Waals surface area contributed by atoms with E-state index in [4.69, 9.17) is 0 Å². The monoisotopic (exact) mass is 331 g/mol.